The zero-order valence-corrected chi connectivity index (χ0v) is 11.7. The van der Waals surface area contributed by atoms with Gasteiger partial charge in [-0.05, 0) is 48.2 Å². The highest BCUT2D eigenvalue weighted by Crippen LogP contribution is 2.38. The Morgan fingerprint density at radius 3 is 3.00 bits per heavy atom. The van der Waals surface area contributed by atoms with E-state index in [1.807, 2.05) is 29.8 Å². The predicted octanol–water partition coefficient (Wildman–Crippen LogP) is 2.74. The zero-order valence-electron chi connectivity index (χ0n) is 10.8. The first-order valence-electron chi connectivity index (χ1n) is 6.47. The summed E-state index contributed by atoms with van der Waals surface area (Å²) >= 11 is 1.59. The Labute approximate surface area is 116 Å². The van der Waals surface area contributed by atoms with Crippen molar-refractivity contribution in [2.75, 3.05) is 11.9 Å². The minimum atomic E-state index is -0.884. The molecule has 1 atom stereocenters. The van der Waals surface area contributed by atoms with Crippen LogP contribution in [0.4, 0.5) is 5.82 Å². The van der Waals surface area contributed by atoms with Crippen molar-refractivity contribution in [3.8, 4) is 0 Å². The van der Waals surface area contributed by atoms with Gasteiger partial charge in [0.15, 0.2) is 0 Å². The number of nitrogens with zero attached hydrogens (tertiary/aromatic N) is 2. The topological polar surface area (TPSA) is 58.0 Å². The maximum atomic E-state index is 10.4. The molecular weight excluding hydrogens is 258 g/mol. The van der Waals surface area contributed by atoms with Gasteiger partial charge in [0.1, 0.15) is 17.2 Å². The van der Waals surface area contributed by atoms with Crippen LogP contribution in [0.25, 0.3) is 0 Å². The van der Waals surface area contributed by atoms with Crippen molar-refractivity contribution in [3.05, 3.63) is 40.5 Å². The molecule has 100 valence electrons. The van der Waals surface area contributed by atoms with Crippen LogP contribution in [0.5, 0.6) is 0 Å². The number of anilines is 1. The SMILES string of the molecule is CC(O)(CNc1ccnc(C2CC2)n1)c1ccsc1. The lowest BCUT2D eigenvalue weighted by atomic mass is 9.99. The first kappa shape index (κ1) is 12.6. The van der Waals surface area contributed by atoms with Crippen molar-refractivity contribution in [1.29, 1.82) is 0 Å². The van der Waals surface area contributed by atoms with Gasteiger partial charge in [-0.25, -0.2) is 9.97 Å². The van der Waals surface area contributed by atoms with Gasteiger partial charge in [-0.1, -0.05) is 0 Å². The number of aromatic nitrogens is 2. The highest BCUT2D eigenvalue weighted by Gasteiger charge is 2.27. The standard InChI is InChI=1S/C14H17N3OS/c1-14(18,11-5-7-19-8-11)9-16-12-4-6-15-13(17-12)10-2-3-10/h4-8,10,18H,2-3,9H2,1H3,(H,15,16,17). The van der Waals surface area contributed by atoms with Gasteiger partial charge in [0.25, 0.3) is 0 Å². The summed E-state index contributed by atoms with van der Waals surface area (Å²) in [5.41, 5.74) is 0.0477. The second-order valence-corrected chi connectivity index (χ2v) is 5.99. The van der Waals surface area contributed by atoms with E-state index in [0.29, 0.717) is 12.5 Å². The van der Waals surface area contributed by atoms with Crippen LogP contribution in [0.15, 0.2) is 29.1 Å². The lowest BCUT2D eigenvalue weighted by Gasteiger charge is -2.23. The molecule has 0 saturated heterocycles. The second kappa shape index (κ2) is 4.90. The molecule has 19 heavy (non-hydrogen) atoms. The molecule has 1 aliphatic carbocycles. The summed E-state index contributed by atoms with van der Waals surface area (Å²) in [6.45, 7) is 2.25. The fourth-order valence-electron chi connectivity index (χ4n) is 1.95. The van der Waals surface area contributed by atoms with E-state index in [-0.39, 0.29) is 0 Å². The summed E-state index contributed by atoms with van der Waals surface area (Å²) in [4.78, 5) is 8.77. The van der Waals surface area contributed by atoms with E-state index in [1.54, 1.807) is 17.5 Å². The Morgan fingerprint density at radius 1 is 1.47 bits per heavy atom. The van der Waals surface area contributed by atoms with Crippen molar-refractivity contribution in [3.63, 3.8) is 0 Å². The normalized spacial score (nSPS) is 18.0. The number of hydrogen-bond donors (Lipinski definition) is 2. The van der Waals surface area contributed by atoms with Crippen LogP contribution < -0.4 is 5.32 Å². The fourth-order valence-corrected chi connectivity index (χ4v) is 2.73. The first-order valence-corrected chi connectivity index (χ1v) is 7.41. The van der Waals surface area contributed by atoms with E-state index < -0.39 is 5.60 Å². The van der Waals surface area contributed by atoms with E-state index in [9.17, 15) is 5.11 Å². The lowest BCUT2D eigenvalue weighted by Crippen LogP contribution is -2.30. The predicted molar refractivity (Wildman–Crippen MR) is 76.4 cm³/mol. The third-order valence-electron chi connectivity index (χ3n) is 3.37. The molecular formula is C14H17N3OS. The Kier molecular flexibility index (Phi) is 3.24. The van der Waals surface area contributed by atoms with Crippen molar-refractivity contribution < 1.29 is 5.11 Å². The van der Waals surface area contributed by atoms with Gasteiger partial charge >= 0.3 is 0 Å². The summed E-state index contributed by atoms with van der Waals surface area (Å²) in [6, 6.07) is 3.79. The summed E-state index contributed by atoms with van der Waals surface area (Å²) in [5.74, 6) is 2.24. The van der Waals surface area contributed by atoms with E-state index in [4.69, 9.17) is 0 Å². The van der Waals surface area contributed by atoms with E-state index >= 15 is 0 Å². The molecule has 1 fully saturated rings. The second-order valence-electron chi connectivity index (χ2n) is 5.21. The Bertz CT molecular complexity index is 550. The maximum Gasteiger partial charge on any atom is 0.133 e. The largest absolute Gasteiger partial charge is 0.384 e. The van der Waals surface area contributed by atoms with E-state index in [2.05, 4.69) is 15.3 Å². The summed E-state index contributed by atoms with van der Waals surface area (Å²) < 4.78 is 0. The molecule has 0 bridgehead atoms. The van der Waals surface area contributed by atoms with E-state index in [1.165, 1.54) is 12.8 Å². The fraction of sp³-hybridized carbons (Fsp3) is 0.429. The first-order chi connectivity index (χ1) is 9.15. The molecule has 3 rings (SSSR count). The number of nitrogens with one attached hydrogen (secondary N) is 1. The molecule has 0 radical (unpaired) electrons. The molecule has 0 spiro atoms. The van der Waals surface area contributed by atoms with Crippen molar-refractivity contribution in [2.45, 2.75) is 31.3 Å². The van der Waals surface area contributed by atoms with E-state index in [0.717, 1.165) is 17.2 Å². The molecule has 0 aliphatic heterocycles. The van der Waals surface area contributed by atoms with Gasteiger partial charge in [0.05, 0.1) is 0 Å². The van der Waals surface area contributed by atoms with Crippen LogP contribution in [0.1, 0.15) is 37.1 Å². The average molecular weight is 275 g/mol. The third kappa shape index (κ3) is 2.93. The number of aliphatic hydroxyl groups is 1. The maximum absolute atomic E-state index is 10.4. The van der Waals surface area contributed by atoms with Gasteiger partial charge < -0.3 is 10.4 Å². The molecule has 2 aromatic rings. The minimum Gasteiger partial charge on any atom is -0.384 e. The quantitative estimate of drug-likeness (QED) is 0.881. The smallest absolute Gasteiger partial charge is 0.133 e. The molecule has 2 heterocycles. The Morgan fingerprint density at radius 2 is 2.32 bits per heavy atom. The van der Waals surface area contributed by atoms with Crippen molar-refractivity contribution >= 4 is 17.2 Å². The van der Waals surface area contributed by atoms with Crippen LogP contribution in [-0.2, 0) is 5.60 Å². The zero-order chi connectivity index (χ0) is 13.3. The molecule has 4 nitrogen and oxygen atoms in total. The number of rotatable bonds is 5. The van der Waals surface area contributed by atoms with Gasteiger partial charge in [0.2, 0.25) is 0 Å². The summed E-state index contributed by atoms with van der Waals surface area (Å²) in [5, 5.41) is 17.6. The molecule has 2 aromatic heterocycles. The summed E-state index contributed by atoms with van der Waals surface area (Å²) in [6.07, 6.45) is 4.16. The Hall–Kier alpha value is -1.46. The Balaban J connectivity index is 1.67. The van der Waals surface area contributed by atoms with Crippen molar-refractivity contribution in [2.24, 2.45) is 0 Å². The molecule has 1 saturated carbocycles. The molecule has 2 N–H and O–H groups in total. The molecule has 1 aliphatic rings. The van der Waals surface area contributed by atoms with Crippen molar-refractivity contribution in [1.82, 2.24) is 9.97 Å². The number of thiophene rings is 1. The molecule has 1 unspecified atom stereocenters. The molecule has 0 amide bonds. The van der Waals surface area contributed by atoms with Crippen LogP contribution >= 0.6 is 11.3 Å². The monoisotopic (exact) mass is 275 g/mol. The third-order valence-corrected chi connectivity index (χ3v) is 4.06. The van der Waals surface area contributed by atoms with Gasteiger partial charge in [-0.3, -0.25) is 0 Å². The molecule has 0 aromatic carbocycles. The van der Waals surface area contributed by atoms with Crippen LogP contribution in [-0.4, -0.2) is 21.6 Å². The van der Waals surface area contributed by atoms with Crippen LogP contribution in [0.3, 0.4) is 0 Å². The lowest BCUT2D eigenvalue weighted by molar-refractivity contribution is 0.0719. The van der Waals surface area contributed by atoms with Crippen LogP contribution in [0.2, 0.25) is 0 Å². The highest BCUT2D eigenvalue weighted by atomic mass is 32.1. The summed E-state index contributed by atoms with van der Waals surface area (Å²) in [7, 11) is 0. The number of hydrogen-bond acceptors (Lipinski definition) is 5. The van der Waals surface area contributed by atoms with Gasteiger partial charge in [0, 0.05) is 18.7 Å². The molecule has 5 heteroatoms. The van der Waals surface area contributed by atoms with Gasteiger partial charge in [-0.15, -0.1) is 0 Å². The van der Waals surface area contributed by atoms with Gasteiger partial charge in [-0.2, -0.15) is 11.3 Å². The average Bonchev–Trinajstić information content (AvgIpc) is 3.11. The minimum absolute atomic E-state index is 0.435. The highest BCUT2D eigenvalue weighted by molar-refractivity contribution is 7.08. The van der Waals surface area contributed by atoms with Crippen LogP contribution in [0, 0.1) is 0 Å².